The lowest BCUT2D eigenvalue weighted by Gasteiger charge is -2.33. The molecule has 0 saturated carbocycles. The zero-order chi connectivity index (χ0) is 7.78. The van der Waals surface area contributed by atoms with Crippen molar-refractivity contribution in [2.75, 3.05) is 20.6 Å². The lowest BCUT2D eigenvalue weighted by Crippen LogP contribution is -2.48. The summed E-state index contributed by atoms with van der Waals surface area (Å²) in [5.74, 6) is 0. The average Bonchev–Trinajstić information content (AvgIpc) is 2.10. The molecule has 2 nitrogen and oxygen atoms in total. The Morgan fingerprint density at radius 1 is 1.50 bits per heavy atom. The molecule has 1 heterocycles. The van der Waals surface area contributed by atoms with Crippen LogP contribution < -0.4 is 5.32 Å². The van der Waals surface area contributed by atoms with Crippen molar-refractivity contribution in [3.63, 3.8) is 0 Å². The van der Waals surface area contributed by atoms with Crippen LogP contribution in [0.3, 0.4) is 0 Å². The van der Waals surface area contributed by atoms with Crippen LogP contribution in [0.5, 0.6) is 0 Å². The minimum absolute atomic E-state index is 0.342. The van der Waals surface area contributed by atoms with Gasteiger partial charge in [-0.15, -0.1) is 0 Å². The van der Waals surface area contributed by atoms with Gasteiger partial charge in [-0.1, -0.05) is 0 Å². The quantitative estimate of drug-likeness (QED) is 0.579. The van der Waals surface area contributed by atoms with Crippen LogP contribution in [-0.2, 0) is 0 Å². The van der Waals surface area contributed by atoms with Crippen LogP contribution in [0.1, 0.15) is 20.3 Å². The van der Waals surface area contributed by atoms with Crippen LogP contribution in [0.2, 0.25) is 0 Å². The molecule has 1 rings (SSSR count). The first-order valence-electron chi connectivity index (χ1n) is 3.97. The van der Waals surface area contributed by atoms with Crippen molar-refractivity contribution in [2.24, 2.45) is 0 Å². The van der Waals surface area contributed by atoms with Gasteiger partial charge in [0.1, 0.15) is 0 Å². The minimum atomic E-state index is 0.342. The summed E-state index contributed by atoms with van der Waals surface area (Å²) >= 11 is 0. The molecule has 0 aromatic rings. The molecule has 0 aromatic carbocycles. The maximum atomic E-state index is 3.34. The van der Waals surface area contributed by atoms with E-state index in [0.29, 0.717) is 11.6 Å². The Balaban J connectivity index is 2.64. The highest BCUT2D eigenvalue weighted by molar-refractivity contribution is 4.97. The van der Waals surface area contributed by atoms with Crippen molar-refractivity contribution in [1.29, 1.82) is 0 Å². The molecule has 1 atom stereocenters. The average molecular weight is 142 g/mol. The summed E-state index contributed by atoms with van der Waals surface area (Å²) in [6, 6.07) is 0.664. The maximum absolute atomic E-state index is 3.34. The summed E-state index contributed by atoms with van der Waals surface area (Å²) in [5.41, 5.74) is 0.342. The molecule has 60 valence electrons. The molecule has 0 aromatic heterocycles. The Morgan fingerprint density at radius 3 is 2.30 bits per heavy atom. The SMILES string of the molecule is CNC1CCN(C)C1(C)C. The second-order valence-electron chi connectivity index (χ2n) is 3.71. The second-order valence-corrected chi connectivity index (χ2v) is 3.71. The van der Waals surface area contributed by atoms with Crippen molar-refractivity contribution < 1.29 is 0 Å². The standard InChI is InChI=1S/C8H18N2/c1-8(2)7(9-3)5-6-10(8)4/h7,9H,5-6H2,1-4H3. The topological polar surface area (TPSA) is 15.3 Å². The first-order valence-corrected chi connectivity index (χ1v) is 3.97. The Bertz CT molecular complexity index is 120. The number of rotatable bonds is 1. The molecule has 0 amide bonds. The predicted molar refractivity (Wildman–Crippen MR) is 44.2 cm³/mol. The third-order valence-corrected chi connectivity index (χ3v) is 2.94. The van der Waals surface area contributed by atoms with Gasteiger partial charge in [0, 0.05) is 11.6 Å². The molecular weight excluding hydrogens is 124 g/mol. The largest absolute Gasteiger partial charge is 0.315 e. The molecule has 1 fully saturated rings. The van der Waals surface area contributed by atoms with E-state index in [0.717, 1.165) is 0 Å². The summed E-state index contributed by atoms with van der Waals surface area (Å²) in [6.45, 7) is 5.81. The van der Waals surface area contributed by atoms with Gasteiger partial charge >= 0.3 is 0 Å². The van der Waals surface area contributed by atoms with Crippen LogP contribution in [0.4, 0.5) is 0 Å². The minimum Gasteiger partial charge on any atom is -0.315 e. The molecule has 0 bridgehead atoms. The Kier molecular flexibility index (Phi) is 2.02. The van der Waals surface area contributed by atoms with E-state index in [1.165, 1.54) is 13.0 Å². The highest BCUT2D eigenvalue weighted by Crippen LogP contribution is 2.26. The highest BCUT2D eigenvalue weighted by Gasteiger charge is 2.37. The number of likely N-dealkylation sites (tertiary alicyclic amines) is 1. The van der Waals surface area contributed by atoms with Crippen LogP contribution in [0.25, 0.3) is 0 Å². The lowest BCUT2D eigenvalue weighted by molar-refractivity contribution is 0.191. The number of hydrogen-bond acceptors (Lipinski definition) is 2. The van der Waals surface area contributed by atoms with E-state index in [1.54, 1.807) is 0 Å². The first-order chi connectivity index (χ1) is 4.59. The highest BCUT2D eigenvalue weighted by atomic mass is 15.2. The van der Waals surface area contributed by atoms with Gasteiger partial charge < -0.3 is 5.32 Å². The van der Waals surface area contributed by atoms with Crippen LogP contribution in [0.15, 0.2) is 0 Å². The van der Waals surface area contributed by atoms with Gasteiger partial charge in [0.2, 0.25) is 0 Å². The fourth-order valence-corrected chi connectivity index (χ4v) is 1.73. The third kappa shape index (κ3) is 1.06. The van der Waals surface area contributed by atoms with E-state index in [9.17, 15) is 0 Å². The normalized spacial score (nSPS) is 33.0. The third-order valence-electron chi connectivity index (χ3n) is 2.94. The molecule has 1 N–H and O–H groups in total. The smallest absolute Gasteiger partial charge is 0.0303 e. The maximum Gasteiger partial charge on any atom is 0.0303 e. The summed E-state index contributed by atoms with van der Waals surface area (Å²) in [4.78, 5) is 2.41. The molecular formula is C8H18N2. The second kappa shape index (κ2) is 2.51. The van der Waals surface area contributed by atoms with E-state index in [4.69, 9.17) is 0 Å². The van der Waals surface area contributed by atoms with Crippen molar-refractivity contribution >= 4 is 0 Å². The summed E-state index contributed by atoms with van der Waals surface area (Å²) in [5, 5.41) is 3.34. The van der Waals surface area contributed by atoms with Gasteiger partial charge in [0.05, 0.1) is 0 Å². The van der Waals surface area contributed by atoms with Crippen molar-refractivity contribution in [1.82, 2.24) is 10.2 Å². The predicted octanol–water partition coefficient (Wildman–Crippen LogP) is 0.688. The molecule has 2 heteroatoms. The van der Waals surface area contributed by atoms with Gasteiger partial charge in [-0.3, -0.25) is 4.90 Å². The molecule has 0 radical (unpaired) electrons. The van der Waals surface area contributed by atoms with Crippen molar-refractivity contribution in [3.8, 4) is 0 Å². The van der Waals surface area contributed by atoms with Gasteiger partial charge in [0.25, 0.3) is 0 Å². The van der Waals surface area contributed by atoms with Crippen molar-refractivity contribution in [3.05, 3.63) is 0 Å². The molecule has 0 spiro atoms. The van der Waals surface area contributed by atoms with E-state index in [-0.39, 0.29) is 0 Å². The molecule has 10 heavy (non-hydrogen) atoms. The van der Waals surface area contributed by atoms with Gasteiger partial charge in [-0.25, -0.2) is 0 Å². The van der Waals surface area contributed by atoms with Crippen LogP contribution in [0, 0.1) is 0 Å². The van der Waals surface area contributed by atoms with E-state index in [1.807, 2.05) is 7.05 Å². The van der Waals surface area contributed by atoms with Crippen molar-refractivity contribution in [2.45, 2.75) is 31.8 Å². The Morgan fingerprint density at radius 2 is 2.10 bits per heavy atom. The molecule has 1 unspecified atom stereocenters. The van der Waals surface area contributed by atoms with Gasteiger partial charge in [0.15, 0.2) is 0 Å². The lowest BCUT2D eigenvalue weighted by atomic mass is 9.96. The van der Waals surface area contributed by atoms with E-state index >= 15 is 0 Å². The first kappa shape index (κ1) is 8.02. The molecule has 1 aliphatic heterocycles. The molecule has 1 saturated heterocycles. The molecule has 0 aliphatic carbocycles. The molecule has 1 aliphatic rings. The number of hydrogen-bond donors (Lipinski definition) is 1. The fourth-order valence-electron chi connectivity index (χ4n) is 1.73. The van der Waals surface area contributed by atoms with Gasteiger partial charge in [-0.05, 0) is 40.9 Å². The van der Waals surface area contributed by atoms with E-state index < -0.39 is 0 Å². The monoisotopic (exact) mass is 142 g/mol. The number of nitrogens with zero attached hydrogens (tertiary/aromatic N) is 1. The zero-order valence-electron chi connectivity index (χ0n) is 7.44. The summed E-state index contributed by atoms with van der Waals surface area (Å²) in [6.07, 6.45) is 1.28. The summed E-state index contributed by atoms with van der Waals surface area (Å²) < 4.78 is 0. The van der Waals surface area contributed by atoms with Crippen LogP contribution >= 0.6 is 0 Å². The number of nitrogens with one attached hydrogen (secondary N) is 1. The Labute approximate surface area is 63.6 Å². The fraction of sp³-hybridized carbons (Fsp3) is 1.00. The Hall–Kier alpha value is -0.0800. The van der Waals surface area contributed by atoms with Gasteiger partial charge in [-0.2, -0.15) is 0 Å². The van der Waals surface area contributed by atoms with Crippen LogP contribution in [-0.4, -0.2) is 37.1 Å². The zero-order valence-corrected chi connectivity index (χ0v) is 7.44. The number of likely N-dealkylation sites (N-methyl/N-ethyl adjacent to an activating group) is 2. The van der Waals surface area contributed by atoms with E-state index in [2.05, 4.69) is 31.1 Å². The summed E-state index contributed by atoms with van der Waals surface area (Å²) in [7, 11) is 4.24.